The number of hydrogen-bond donors (Lipinski definition) is 1. The zero-order valence-corrected chi connectivity index (χ0v) is 13.0. The fourth-order valence-electron chi connectivity index (χ4n) is 3.18. The molecule has 0 amide bonds. The number of hydrogen-bond acceptors (Lipinski definition) is 5. The first-order valence-electron chi connectivity index (χ1n) is 7.30. The lowest BCUT2D eigenvalue weighted by Crippen LogP contribution is -2.55. The van der Waals surface area contributed by atoms with E-state index >= 15 is 0 Å². The Hall–Kier alpha value is -0.660. The van der Waals surface area contributed by atoms with Crippen LogP contribution in [0.1, 0.15) is 39.0 Å². The number of piperidine rings is 1. The van der Waals surface area contributed by atoms with Crippen LogP contribution >= 0.6 is 0 Å². The van der Waals surface area contributed by atoms with E-state index in [-0.39, 0.29) is 12.1 Å². The van der Waals surface area contributed by atoms with Gasteiger partial charge in [0.25, 0.3) is 0 Å². The second-order valence-corrected chi connectivity index (χ2v) is 7.79. The highest BCUT2D eigenvalue weighted by atomic mass is 32.2. The van der Waals surface area contributed by atoms with Gasteiger partial charge in [-0.2, -0.15) is 4.31 Å². The lowest BCUT2D eigenvalue weighted by atomic mass is 9.97. The van der Waals surface area contributed by atoms with Crippen molar-refractivity contribution in [1.82, 2.24) is 9.62 Å². The first-order chi connectivity index (χ1) is 9.48. The van der Waals surface area contributed by atoms with Gasteiger partial charge in [-0.1, -0.05) is 6.42 Å². The number of nitrogens with zero attached hydrogens (tertiary/aromatic N) is 1. The minimum absolute atomic E-state index is 0.0247. The third-order valence-corrected chi connectivity index (χ3v) is 6.56. The van der Waals surface area contributed by atoms with Crippen molar-refractivity contribution in [2.75, 3.05) is 20.2 Å². The monoisotopic (exact) mass is 304 g/mol. The Morgan fingerprint density at radius 2 is 2.05 bits per heavy atom. The van der Waals surface area contributed by atoms with Gasteiger partial charge >= 0.3 is 5.97 Å². The number of ether oxygens (including phenoxy) is 1. The highest BCUT2D eigenvalue weighted by Gasteiger charge is 2.42. The largest absolute Gasteiger partial charge is 0.468 e. The lowest BCUT2D eigenvalue weighted by molar-refractivity contribution is -0.139. The molecule has 0 radical (unpaired) electrons. The summed E-state index contributed by atoms with van der Waals surface area (Å²) in [5.41, 5.74) is 0. The summed E-state index contributed by atoms with van der Waals surface area (Å²) < 4.78 is 31.4. The van der Waals surface area contributed by atoms with Gasteiger partial charge in [0.15, 0.2) is 5.25 Å². The Morgan fingerprint density at radius 3 is 2.65 bits per heavy atom. The molecule has 2 heterocycles. The summed E-state index contributed by atoms with van der Waals surface area (Å²) in [7, 11) is -2.42. The third-order valence-electron chi connectivity index (χ3n) is 4.37. The molecule has 7 heteroatoms. The predicted octanol–water partition coefficient (Wildman–Crippen LogP) is 0.484. The van der Waals surface area contributed by atoms with Crippen molar-refractivity contribution >= 4 is 16.0 Å². The number of carbonyl (C=O) groups is 1. The number of nitrogens with one attached hydrogen (secondary N) is 1. The first kappa shape index (κ1) is 15.7. The normalized spacial score (nSPS) is 30.1. The van der Waals surface area contributed by atoms with Crippen LogP contribution in [0.15, 0.2) is 0 Å². The van der Waals surface area contributed by atoms with Gasteiger partial charge in [-0.25, -0.2) is 8.42 Å². The molecular formula is C13H24N2O4S. The van der Waals surface area contributed by atoms with Crippen LogP contribution in [0, 0.1) is 0 Å². The summed E-state index contributed by atoms with van der Waals surface area (Å²) in [6.45, 7) is 2.86. The van der Waals surface area contributed by atoms with E-state index < -0.39 is 21.2 Å². The molecule has 3 unspecified atom stereocenters. The molecule has 3 atom stereocenters. The zero-order valence-electron chi connectivity index (χ0n) is 12.2. The minimum atomic E-state index is -3.64. The fraction of sp³-hybridized carbons (Fsp3) is 0.923. The van der Waals surface area contributed by atoms with E-state index in [1.807, 2.05) is 0 Å². The molecule has 2 saturated heterocycles. The molecule has 2 fully saturated rings. The molecule has 0 aromatic carbocycles. The van der Waals surface area contributed by atoms with Crippen LogP contribution in [0.25, 0.3) is 0 Å². The van der Waals surface area contributed by atoms with Crippen LogP contribution in [-0.4, -0.2) is 56.2 Å². The van der Waals surface area contributed by atoms with Gasteiger partial charge in [0, 0.05) is 18.6 Å². The summed E-state index contributed by atoms with van der Waals surface area (Å²) in [5.74, 6) is -0.686. The van der Waals surface area contributed by atoms with Crippen molar-refractivity contribution in [3.8, 4) is 0 Å². The summed E-state index contributed by atoms with van der Waals surface area (Å²) in [6, 6.07) is 0.193. The number of carbonyl (C=O) groups excluding carboxylic acids is 1. The SMILES string of the molecule is COC(=O)C(C)S(=O)(=O)N1CCCCC1C1CCCN1. The van der Waals surface area contributed by atoms with Crippen LogP contribution in [0.2, 0.25) is 0 Å². The van der Waals surface area contributed by atoms with Gasteiger partial charge in [-0.3, -0.25) is 4.79 Å². The molecule has 2 aliphatic rings. The zero-order chi connectivity index (χ0) is 14.8. The van der Waals surface area contributed by atoms with Gasteiger partial charge in [-0.05, 0) is 39.2 Å². The molecule has 6 nitrogen and oxygen atoms in total. The van der Waals surface area contributed by atoms with E-state index in [0.29, 0.717) is 6.54 Å². The molecule has 116 valence electrons. The van der Waals surface area contributed by atoms with Gasteiger partial charge in [0.05, 0.1) is 7.11 Å². The van der Waals surface area contributed by atoms with Gasteiger partial charge < -0.3 is 10.1 Å². The molecule has 2 aliphatic heterocycles. The number of rotatable bonds is 4. The molecule has 0 aliphatic carbocycles. The van der Waals surface area contributed by atoms with E-state index in [1.165, 1.54) is 14.0 Å². The second-order valence-electron chi connectivity index (χ2n) is 5.59. The lowest BCUT2D eigenvalue weighted by Gasteiger charge is -2.39. The Labute approximate surface area is 120 Å². The van der Waals surface area contributed by atoms with Crippen LogP contribution < -0.4 is 5.32 Å². The molecule has 0 aromatic rings. The first-order valence-corrected chi connectivity index (χ1v) is 8.80. The van der Waals surface area contributed by atoms with Crippen molar-refractivity contribution in [3.05, 3.63) is 0 Å². The Morgan fingerprint density at radius 1 is 1.30 bits per heavy atom. The molecule has 0 spiro atoms. The van der Waals surface area contributed by atoms with Gasteiger partial charge in [-0.15, -0.1) is 0 Å². The van der Waals surface area contributed by atoms with E-state index in [0.717, 1.165) is 38.6 Å². The quantitative estimate of drug-likeness (QED) is 0.765. The van der Waals surface area contributed by atoms with E-state index in [1.54, 1.807) is 4.31 Å². The average Bonchev–Trinajstić information content (AvgIpc) is 2.99. The maximum absolute atomic E-state index is 12.7. The van der Waals surface area contributed by atoms with Crippen molar-refractivity contribution < 1.29 is 17.9 Å². The fourth-order valence-corrected chi connectivity index (χ4v) is 4.94. The average molecular weight is 304 g/mol. The van der Waals surface area contributed by atoms with Crippen molar-refractivity contribution in [2.45, 2.75) is 56.4 Å². The predicted molar refractivity (Wildman–Crippen MR) is 75.8 cm³/mol. The standard InChI is InChI=1S/C13H24N2O4S/c1-10(13(16)19-2)20(17,18)15-9-4-3-7-12(15)11-6-5-8-14-11/h10-12,14H,3-9H2,1-2H3. The highest BCUT2D eigenvalue weighted by molar-refractivity contribution is 7.90. The Bertz CT molecular complexity index is 445. The van der Waals surface area contributed by atoms with Gasteiger partial charge in [0.1, 0.15) is 0 Å². The highest BCUT2D eigenvalue weighted by Crippen LogP contribution is 2.28. The Kier molecular flexibility index (Phi) is 5.04. The van der Waals surface area contributed by atoms with Gasteiger partial charge in [0.2, 0.25) is 10.0 Å². The van der Waals surface area contributed by atoms with Crippen molar-refractivity contribution in [2.24, 2.45) is 0 Å². The van der Waals surface area contributed by atoms with Crippen LogP contribution in [-0.2, 0) is 19.6 Å². The van der Waals surface area contributed by atoms with E-state index in [4.69, 9.17) is 0 Å². The molecule has 2 rings (SSSR count). The van der Waals surface area contributed by atoms with E-state index in [2.05, 4.69) is 10.1 Å². The summed E-state index contributed by atoms with van der Waals surface area (Å²) in [6.07, 6.45) is 4.85. The van der Waals surface area contributed by atoms with Crippen molar-refractivity contribution in [3.63, 3.8) is 0 Å². The number of esters is 1. The molecule has 1 N–H and O–H groups in total. The third kappa shape index (κ3) is 2.99. The van der Waals surface area contributed by atoms with Crippen molar-refractivity contribution in [1.29, 1.82) is 0 Å². The maximum Gasteiger partial charge on any atom is 0.325 e. The molecule has 0 bridgehead atoms. The maximum atomic E-state index is 12.7. The van der Waals surface area contributed by atoms with Crippen LogP contribution in [0.3, 0.4) is 0 Å². The summed E-state index contributed by atoms with van der Waals surface area (Å²) in [5, 5.41) is 2.26. The van der Waals surface area contributed by atoms with Crippen LogP contribution in [0.4, 0.5) is 0 Å². The summed E-state index contributed by atoms with van der Waals surface area (Å²) >= 11 is 0. The molecular weight excluding hydrogens is 280 g/mol. The topological polar surface area (TPSA) is 75.7 Å². The van der Waals surface area contributed by atoms with Crippen LogP contribution in [0.5, 0.6) is 0 Å². The van der Waals surface area contributed by atoms with E-state index in [9.17, 15) is 13.2 Å². The Balaban J connectivity index is 2.20. The number of methoxy groups -OCH3 is 1. The second kappa shape index (κ2) is 6.41. The smallest absolute Gasteiger partial charge is 0.325 e. The minimum Gasteiger partial charge on any atom is -0.468 e. The molecule has 0 saturated carbocycles. The summed E-state index contributed by atoms with van der Waals surface area (Å²) in [4.78, 5) is 11.6. The molecule has 0 aromatic heterocycles. The molecule has 20 heavy (non-hydrogen) atoms. The number of sulfonamides is 1.